The number of fused-ring (bicyclic) bond motifs is 9. The van der Waals surface area contributed by atoms with Gasteiger partial charge in [-0.15, -0.1) is 0 Å². The monoisotopic (exact) mass is 338 g/mol. The first-order chi connectivity index (χ1) is 12.3. The number of hydrogen-bond donors (Lipinski definition) is 0. The molecular weight excluding hydrogens is 312 g/mol. The van der Waals surface area contributed by atoms with Crippen molar-refractivity contribution >= 4 is 5.97 Å². The van der Waals surface area contributed by atoms with Gasteiger partial charge in [0.2, 0.25) is 0 Å². The van der Waals surface area contributed by atoms with Gasteiger partial charge < -0.3 is 9.15 Å². The lowest BCUT2D eigenvalue weighted by Crippen LogP contribution is -2.38. The maximum atomic E-state index is 13.2. The third-order valence-electron chi connectivity index (χ3n) is 8.25. The quantitative estimate of drug-likeness (QED) is 0.456. The summed E-state index contributed by atoms with van der Waals surface area (Å²) in [5.74, 6) is 5.55. The van der Waals surface area contributed by atoms with Gasteiger partial charge in [-0.3, -0.25) is 4.79 Å². The van der Waals surface area contributed by atoms with Crippen molar-refractivity contribution in [1.82, 2.24) is 0 Å². The van der Waals surface area contributed by atoms with Crippen molar-refractivity contribution < 1.29 is 13.9 Å². The zero-order valence-electron chi connectivity index (χ0n) is 14.6. The second-order valence-corrected chi connectivity index (χ2v) is 9.20. The Kier molecular flexibility index (Phi) is 2.94. The Hall–Kier alpha value is -1.51. The molecule has 0 saturated heterocycles. The Morgan fingerprint density at radius 3 is 2.64 bits per heavy atom. The molecule has 0 amide bonds. The van der Waals surface area contributed by atoms with Crippen LogP contribution in [0.1, 0.15) is 50.7 Å². The standard InChI is InChI=1S/C22H26O3/c23-21(25-22(7-1-2-8-22)18-4-3-9-24-18)17-12-15-11-16(17)20-14-6-5-13(10-14)19(15)20/h3-6,9,13-17,19-20H,1-2,7-8,10-12H2. The Morgan fingerprint density at radius 1 is 1.08 bits per heavy atom. The van der Waals surface area contributed by atoms with Crippen molar-refractivity contribution in [3.05, 3.63) is 36.3 Å². The van der Waals surface area contributed by atoms with Crippen molar-refractivity contribution in [2.24, 2.45) is 41.4 Å². The third kappa shape index (κ3) is 1.90. The highest BCUT2D eigenvalue weighted by Gasteiger charge is 2.63. The van der Waals surface area contributed by atoms with Crippen molar-refractivity contribution in [3.8, 4) is 0 Å². The molecule has 6 rings (SSSR count). The van der Waals surface area contributed by atoms with Gasteiger partial charge in [-0.25, -0.2) is 0 Å². The lowest BCUT2D eigenvalue weighted by molar-refractivity contribution is -0.171. The zero-order chi connectivity index (χ0) is 16.6. The Balaban J connectivity index is 1.24. The largest absolute Gasteiger partial charge is 0.465 e. The first-order valence-corrected chi connectivity index (χ1v) is 10.2. The molecule has 5 aliphatic rings. The maximum Gasteiger partial charge on any atom is 0.310 e. The summed E-state index contributed by atoms with van der Waals surface area (Å²) in [5.41, 5.74) is -0.490. The van der Waals surface area contributed by atoms with Gasteiger partial charge in [-0.2, -0.15) is 0 Å². The van der Waals surface area contributed by atoms with Crippen molar-refractivity contribution in [2.75, 3.05) is 0 Å². The van der Waals surface area contributed by atoms with E-state index in [1.807, 2.05) is 12.1 Å². The molecule has 3 heteroatoms. The average molecular weight is 338 g/mol. The molecule has 0 spiro atoms. The number of allylic oxidation sites excluding steroid dienone is 2. The molecule has 0 N–H and O–H groups in total. The van der Waals surface area contributed by atoms with Crippen LogP contribution in [0, 0.1) is 41.4 Å². The Morgan fingerprint density at radius 2 is 1.88 bits per heavy atom. The van der Waals surface area contributed by atoms with Gasteiger partial charge in [0.15, 0.2) is 5.60 Å². The highest BCUT2D eigenvalue weighted by atomic mass is 16.6. The van der Waals surface area contributed by atoms with Crippen LogP contribution in [0.5, 0.6) is 0 Å². The van der Waals surface area contributed by atoms with Crippen LogP contribution >= 0.6 is 0 Å². The van der Waals surface area contributed by atoms with Crippen molar-refractivity contribution in [1.29, 1.82) is 0 Å². The van der Waals surface area contributed by atoms with Crippen LogP contribution < -0.4 is 0 Å². The molecule has 0 aromatic carbocycles. The lowest BCUT2D eigenvalue weighted by atomic mass is 9.69. The number of ether oxygens (including phenoxy) is 1. The summed E-state index contributed by atoms with van der Waals surface area (Å²) in [4.78, 5) is 13.2. The SMILES string of the molecule is O=C(OC1(c2ccco2)CCCC1)C1CC2CC1C1C3C=CC(C3)C21. The molecule has 4 saturated carbocycles. The predicted molar refractivity (Wildman–Crippen MR) is 92.4 cm³/mol. The summed E-state index contributed by atoms with van der Waals surface area (Å²) < 4.78 is 11.9. The number of furan rings is 1. The number of carbonyl (C=O) groups is 1. The second kappa shape index (κ2) is 5.02. The highest BCUT2D eigenvalue weighted by molar-refractivity contribution is 5.74. The molecule has 7 unspecified atom stereocenters. The van der Waals surface area contributed by atoms with Crippen molar-refractivity contribution in [3.63, 3.8) is 0 Å². The molecule has 132 valence electrons. The normalized spacial score (nSPS) is 45.2. The first kappa shape index (κ1) is 14.6. The van der Waals surface area contributed by atoms with Crippen LogP contribution in [0.15, 0.2) is 35.0 Å². The fourth-order valence-electron chi connectivity index (χ4n) is 7.44. The number of carbonyl (C=O) groups excluding carboxylic acids is 1. The summed E-state index contributed by atoms with van der Waals surface area (Å²) >= 11 is 0. The highest BCUT2D eigenvalue weighted by Crippen LogP contribution is 2.67. The van der Waals surface area contributed by atoms with E-state index >= 15 is 0 Å². The van der Waals surface area contributed by atoms with Crippen LogP contribution in [-0.2, 0) is 15.1 Å². The molecule has 1 aromatic rings. The van der Waals surface area contributed by atoms with Gasteiger partial charge in [0, 0.05) is 0 Å². The van der Waals surface area contributed by atoms with Crippen LogP contribution in [0.2, 0.25) is 0 Å². The van der Waals surface area contributed by atoms with Crippen LogP contribution in [0.25, 0.3) is 0 Å². The van der Waals surface area contributed by atoms with E-state index in [1.165, 1.54) is 12.8 Å². The van der Waals surface area contributed by atoms with Gasteiger partial charge in [-0.05, 0) is 92.6 Å². The molecule has 5 aliphatic carbocycles. The Labute approximate surface area is 148 Å². The minimum atomic E-state index is -0.490. The third-order valence-corrected chi connectivity index (χ3v) is 8.25. The summed E-state index contributed by atoms with van der Waals surface area (Å²) in [6.45, 7) is 0. The molecule has 25 heavy (non-hydrogen) atoms. The van der Waals surface area contributed by atoms with E-state index in [0.717, 1.165) is 67.5 Å². The molecule has 1 heterocycles. The predicted octanol–water partition coefficient (Wildman–Crippen LogP) is 4.69. The summed E-state index contributed by atoms with van der Waals surface area (Å²) in [5, 5.41) is 0. The van der Waals surface area contributed by atoms with Crippen molar-refractivity contribution in [2.45, 2.75) is 50.5 Å². The van der Waals surface area contributed by atoms with Gasteiger partial charge >= 0.3 is 5.97 Å². The molecular formula is C22H26O3. The second-order valence-electron chi connectivity index (χ2n) is 9.20. The van der Waals surface area contributed by atoms with E-state index < -0.39 is 5.60 Å². The zero-order valence-corrected chi connectivity index (χ0v) is 14.6. The summed E-state index contributed by atoms with van der Waals surface area (Å²) in [6.07, 6.45) is 14.3. The minimum absolute atomic E-state index is 0.0657. The van der Waals surface area contributed by atoms with Gasteiger partial charge in [0.05, 0.1) is 12.2 Å². The maximum absolute atomic E-state index is 13.2. The molecule has 7 atom stereocenters. The van der Waals surface area contributed by atoms with E-state index in [1.54, 1.807) is 6.26 Å². The molecule has 0 radical (unpaired) electrons. The molecule has 3 nitrogen and oxygen atoms in total. The molecule has 1 aromatic heterocycles. The molecule has 0 aliphatic heterocycles. The fraction of sp³-hybridized carbons (Fsp3) is 0.682. The minimum Gasteiger partial charge on any atom is -0.465 e. The molecule has 4 bridgehead atoms. The van der Waals surface area contributed by atoms with Crippen LogP contribution in [-0.4, -0.2) is 5.97 Å². The van der Waals surface area contributed by atoms with Crippen LogP contribution in [0.4, 0.5) is 0 Å². The topological polar surface area (TPSA) is 39.4 Å². The summed E-state index contributed by atoms with van der Waals surface area (Å²) in [6, 6.07) is 3.89. The lowest BCUT2D eigenvalue weighted by Gasteiger charge is -2.37. The van der Waals surface area contributed by atoms with Gasteiger partial charge in [-0.1, -0.05) is 12.2 Å². The number of hydrogen-bond acceptors (Lipinski definition) is 3. The Bertz CT molecular complexity index is 712. The average Bonchev–Trinajstić information content (AvgIpc) is 3.45. The van der Waals surface area contributed by atoms with E-state index in [0.29, 0.717) is 5.92 Å². The number of esters is 1. The molecule has 4 fully saturated rings. The smallest absolute Gasteiger partial charge is 0.310 e. The van der Waals surface area contributed by atoms with Gasteiger partial charge in [0.1, 0.15) is 5.76 Å². The van der Waals surface area contributed by atoms with E-state index in [4.69, 9.17) is 9.15 Å². The van der Waals surface area contributed by atoms with E-state index in [9.17, 15) is 4.79 Å². The van der Waals surface area contributed by atoms with E-state index in [-0.39, 0.29) is 11.9 Å². The first-order valence-electron chi connectivity index (χ1n) is 10.2. The number of rotatable bonds is 3. The van der Waals surface area contributed by atoms with Gasteiger partial charge in [0.25, 0.3) is 0 Å². The fourth-order valence-corrected chi connectivity index (χ4v) is 7.44. The van der Waals surface area contributed by atoms with Crippen LogP contribution in [0.3, 0.4) is 0 Å². The summed E-state index contributed by atoms with van der Waals surface area (Å²) in [7, 11) is 0. The van der Waals surface area contributed by atoms with E-state index in [2.05, 4.69) is 12.2 Å².